The number of carbonyl (C=O) groups excluding carboxylic acids is 1. The Hall–Kier alpha value is -1.86. The first-order valence-electron chi connectivity index (χ1n) is 7.84. The molecule has 0 aromatic carbocycles. The van der Waals surface area contributed by atoms with Gasteiger partial charge in [0.25, 0.3) is 5.91 Å². The van der Waals surface area contributed by atoms with Crippen LogP contribution < -0.4 is 5.73 Å². The van der Waals surface area contributed by atoms with Crippen molar-refractivity contribution >= 4 is 17.2 Å². The molecule has 6 nitrogen and oxygen atoms in total. The van der Waals surface area contributed by atoms with Gasteiger partial charge in [0.05, 0.1) is 11.2 Å². The smallest absolute Gasteiger partial charge is 0.267 e. The Labute approximate surface area is 139 Å². The molecule has 3 heterocycles. The number of hydrogen-bond donors (Lipinski definition) is 1. The first-order chi connectivity index (χ1) is 11.1. The van der Waals surface area contributed by atoms with Crippen LogP contribution in [0, 0.1) is 12.8 Å². The molecule has 1 amide bonds. The van der Waals surface area contributed by atoms with Gasteiger partial charge in [0.2, 0.25) is 0 Å². The molecular formula is C16H21N5OS. The van der Waals surface area contributed by atoms with Gasteiger partial charge in [-0.3, -0.25) is 9.69 Å². The van der Waals surface area contributed by atoms with Crippen molar-refractivity contribution < 1.29 is 4.79 Å². The fraction of sp³-hybridized carbons (Fsp3) is 0.500. The molecule has 1 aliphatic rings. The van der Waals surface area contributed by atoms with Crippen LogP contribution in [0.3, 0.4) is 0 Å². The second-order valence-corrected chi connectivity index (χ2v) is 6.80. The first-order valence-corrected chi connectivity index (χ1v) is 8.78. The number of hydrogen-bond acceptors (Lipinski definition) is 6. The summed E-state index contributed by atoms with van der Waals surface area (Å²) < 4.78 is 0. The van der Waals surface area contributed by atoms with Crippen molar-refractivity contribution in [3.63, 3.8) is 0 Å². The van der Waals surface area contributed by atoms with Crippen molar-refractivity contribution in [3.05, 3.63) is 39.9 Å². The summed E-state index contributed by atoms with van der Waals surface area (Å²) in [7, 11) is 0. The zero-order valence-electron chi connectivity index (χ0n) is 13.2. The quantitative estimate of drug-likeness (QED) is 0.903. The lowest BCUT2D eigenvalue weighted by Gasteiger charge is -2.32. The van der Waals surface area contributed by atoms with Crippen LogP contribution >= 0.6 is 11.3 Å². The third-order valence-corrected chi connectivity index (χ3v) is 4.75. The van der Waals surface area contributed by atoms with E-state index in [2.05, 4.69) is 25.2 Å². The fourth-order valence-electron chi connectivity index (χ4n) is 3.16. The summed E-state index contributed by atoms with van der Waals surface area (Å²) in [5, 5.41) is 2.11. The number of primary amides is 1. The molecule has 1 unspecified atom stereocenters. The van der Waals surface area contributed by atoms with Crippen molar-refractivity contribution in [2.24, 2.45) is 11.7 Å². The fourth-order valence-corrected chi connectivity index (χ4v) is 3.71. The molecule has 3 rings (SSSR count). The van der Waals surface area contributed by atoms with Crippen molar-refractivity contribution in [1.82, 2.24) is 19.9 Å². The number of rotatable bonds is 5. The molecule has 0 aliphatic carbocycles. The normalized spacial score (nSPS) is 18.9. The topological polar surface area (TPSA) is 85.0 Å². The van der Waals surface area contributed by atoms with Gasteiger partial charge in [0.15, 0.2) is 0 Å². The van der Waals surface area contributed by atoms with E-state index in [1.165, 1.54) is 12.8 Å². The summed E-state index contributed by atoms with van der Waals surface area (Å²) in [4.78, 5) is 26.7. The number of aromatic nitrogens is 3. The predicted octanol–water partition coefficient (Wildman–Crippen LogP) is 1.80. The highest BCUT2D eigenvalue weighted by Gasteiger charge is 2.21. The van der Waals surface area contributed by atoms with Gasteiger partial charge in [-0.1, -0.05) is 0 Å². The lowest BCUT2D eigenvalue weighted by Crippen LogP contribution is -2.36. The van der Waals surface area contributed by atoms with Crippen molar-refractivity contribution in [2.75, 3.05) is 13.1 Å². The summed E-state index contributed by atoms with van der Waals surface area (Å²) in [5.74, 6) is 0.648. The number of thiazole rings is 1. The summed E-state index contributed by atoms with van der Waals surface area (Å²) in [6.07, 6.45) is 3.22. The van der Waals surface area contributed by atoms with Crippen LogP contribution in [-0.4, -0.2) is 38.8 Å². The van der Waals surface area contributed by atoms with E-state index >= 15 is 0 Å². The second kappa shape index (κ2) is 7.14. The molecule has 2 aromatic heterocycles. The number of piperidine rings is 1. The zero-order chi connectivity index (χ0) is 16.2. The Kier molecular flexibility index (Phi) is 4.97. The molecule has 2 aromatic rings. The molecule has 0 saturated carbocycles. The van der Waals surface area contributed by atoms with Crippen LogP contribution in [0.25, 0.3) is 0 Å². The van der Waals surface area contributed by atoms with Gasteiger partial charge in [-0.2, -0.15) is 0 Å². The molecular weight excluding hydrogens is 310 g/mol. The van der Waals surface area contributed by atoms with Crippen LogP contribution in [0.1, 0.15) is 40.5 Å². The van der Waals surface area contributed by atoms with E-state index in [9.17, 15) is 4.79 Å². The van der Waals surface area contributed by atoms with E-state index in [1.807, 2.05) is 5.51 Å². The first kappa shape index (κ1) is 16.0. The zero-order valence-corrected chi connectivity index (χ0v) is 14.1. The molecule has 0 bridgehead atoms. The lowest BCUT2D eigenvalue weighted by atomic mass is 9.93. The van der Waals surface area contributed by atoms with E-state index in [1.54, 1.807) is 24.3 Å². The summed E-state index contributed by atoms with van der Waals surface area (Å²) >= 11 is 1.64. The monoisotopic (exact) mass is 331 g/mol. The van der Waals surface area contributed by atoms with Crippen molar-refractivity contribution in [2.45, 2.75) is 32.7 Å². The highest BCUT2D eigenvalue weighted by Crippen LogP contribution is 2.22. The Morgan fingerprint density at radius 1 is 1.43 bits per heavy atom. The van der Waals surface area contributed by atoms with Crippen molar-refractivity contribution in [3.8, 4) is 0 Å². The third kappa shape index (κ3) is 4.33. The minimum absolute atomic E-state index is 0.308. The molecule has 0 radical (unpaired) electrons. The Bertz CT molecular complexity index is 673. The summed E-state index contributed by atoms with van der Waals surface area (Å²) in [5.41, 5.74) is 9.58. The van der Waals surface area contributed by atoms with Gasteiger partial charge in [-0.05, 0) is 44.7 Å². The van der Waals surface area contributed by atoms with E-state index in [-0.39, 0.29) is 0 Å². The number of nitrogens with zero attached hydrogens (tertiary/aromatic N) is 4. The minimum Gasteiger partial charge on any atom is -0.364 e. The molecule has 1 aliphatic heterocycles. The van der Waals surface area contributed by atoms with Gasteiger partial charge in [0, 0.05) is 24.2 Å². The van der Waals surface area contributed by atoms with Crippen molar-refractivity contribution in [1.29, 1.82) is 0 Å². The molecule has 23 heavy (non-hydrogen) atoms. The molecule has 0 spiro atoms. The average Bonchev–Trinajstić information content (AvgIpc) is 3.00. The van der Waals surface area contributed by atoms with Gasteiger partial charge in [-0.15, -0.1) is 11.3 Å². The van der Waals surface area contributed by atoms with Gasteiger partial charge >= 0.3 is 0 Å². The maximum Gasteiger partial charge on any atom is 0.267 e. The maximum absolute atomic E-state index is 11.3. The molecule has 122 valence electrons. The van der Waals surface area contributed by atoms with E-state index in [4.69, 9.17) is 5.73 Å². The van der Waals surface area contributed by atoms with Crippen LogP contribution in [0.5, 0.6) is 0 Å². The number of aryl methyl sites for hydroxylation is 1. The molecule has 1 saturated heterocycles. The largest absolute Gasteiger partial charge is 0.364 e. The molecule has 1 fully saturated rings. The van der Waals surface area contributed by atoms with Gasteiger partial charge in [0.1, 0.15) is 11.5 Å². The number of nitrogens with two attached hydrogens (primary N) is 1. The molecule has 1 atom stereocenters. The van der Waals surface area contributed by atoms with Gasteiger partial charge < -0.3 is 5.73 Å². The summed E-state index contributed by atoms with van der Waals surface area (Å²) in [6.45, 7) is 4.86. The van der Waals surface area contributed by atoms with Crippen LogP contribution in [-0.2, 0) is 13.0 Å². The maximum atomic E-state index is 11.3. The number of likely N-dealkylation sites (tertiary alicyclic amines) is 1. The van der Waals surface area contributed by atoms with Crippen LogP contribution in [0.4, 0.5) is 0 Å². The summed E-state index contributed by atoms with van der Waals surface area (Å²) in [6, 6.07) is 1.73. The highest BCUT2D eigenvalue weighted by molar-refractivity contribution is 7.07. The second-order valence-electron chi connectivity index (χ2n) is 6.08. The van der Waals surface area contributed by atoms with E-state index < -0.39 is 5.91 Å². The van der Waals surface area contributed by atoms with Crippen LogP contribution in [0.2, 0.25) is 0 Å². The minimum atomic E-state index is -0.495. The van der Waals surface area contributed by atoms with E-state index in [0.29, 0.717) is 17.4 Å². The Balaban J connectivity index is 1.64. The standard InChI is InChI=1S/C16H21N5OS/c1-11-19-13(6-15(20-11)16(17)22)5-12-3-2-4-21(7-12)8-14-9-23-10-18-14/h6,9-10,12H,2-5,7-8H2,1H3,(H2,17,22). The van der Waals surface area contributed by atoms with E-state index in [0.717, 1.165) is 37.4 Å². The lowest BCUT2D eigenvalue weighted by molar-refractivity contribution is 0.0995. The van der Waals surface area contributed by atoms with Gasteiger partial charge in [-0.25, -0.2) is 15.0 Å². The Morgan fingerprint density at radius 2 is 2.30 bits per heavy atom. The average molecular weight is 331 g/mol. The van der Waals surface area contributed by atoms with Crippen LogP contribution in [0.15, 0.2) is 17.0 Å². The number of carbonyl (C=O) groups is 1. The SMILES string of the molecule is Cc1nc(CC2CCCN(Cc3cscn3)C2)cc(C(N)=O)n1. The predicted molar refractivity (Wildman–Crippen MR) is 89.1 cm³/mol. The Morgan fingerprint density at radius 3 is 3.04 bits per heavy atom. The molecule has 7 heteroatoms. The third-order valence-electron chi connectivity index (χ3n) is 4.11. The molecule has 2 N–H and O–H groups in total. The number of amides is 1. The highest BCUT2D eigenvalue weighted by atomic mass is 32.1.